The minimum Gasteiger partial charge on any atom is -0.393 e. The zero-order chi connectivity index (χ0) is 19.2. The summed E-state index contributed by atoms with van der Waals surface area (Å²) in [5, 5.41) is 10.2. The van der Waals surface area contributed by atoms with Gasteiger partial charge in [0.25, 0.3) is 0 Å². The summed E-state index contributed by atoms with van der Waals surface area (Å²) in [5.41, 5.74) is 0.439. The van der Waals surface area contributed by atoms with E-state index >= 15 is 0 Å². The smallest absolute Gasteiger partial charge is 0.103 e. The normalized spacial score (nSPS) is 47.0. The van der Waals surface area contributed by atoms with Crippen LogP contribution < -0.4 is 0 Å². The lowest BCUT2D eigenvalue weighted by molar-refractivity contribution is -0.110. The molecule has 0 aromatic rings. The van der Waals surface area contributed by atoms with Gasteiger partial charge in [-0.3, -0.25) is 0 Å². The average molecular weight is 379 g/mol. The molecule has 9 atom stereocenters. The summed E-state index contributed by atoms with van der Waals surface area (Å²) in [6, 6.07) is 0. The van der Waals surface area contributed by atoms with Gasteiger partial charge in [-0.1, -0.05) is 40.0 Å². The van der Waals surface area contributed by atoms with E-state index in [-0.39, 0.29) is 12.0 Å². The molecule has 0 spiro atoms. The van der Waals surface area contributed by atoms with Crippen LogP contribution in [0, 0.1) is 46.8 Å². The van der Waals surface area contributed by atoms with Crippen molar-refractivity contribution in [2.45, 2.75) is 110 Å². The molecule has 2 heteroatoms. The first-order chi connectivity index (χ1) is 12.9. The minimum absolute atomic E-state index is 0.0572. The second-order valence-electron chi connectivity index (χ2n) is 11.4. The van der Waals surface area contributed by atoms with Crippen LogP contribution in [-0.4, -0.2) is 17.4 Å². The minimum atomic E-state index is -0.588. The Bertz CT molecular complexity index is 503. The lowest BCUT2D eigenvalue weighted by Gasteiger charge is -2.59. The number of aliphatic hydroxyl groups excluding tert-OH is 1. The van der Waals surface area contributed by atoms with Crippen LogP contribution in [0.4, 0.5) is 4.39 Å². The number of hydrogen-bond donors (Lipinski definition) is 1. The summed E-state index contributed by atoms with van der Waals surface area (Å²) in [6.45, 7) is 7.14. The molecule has 0 radical (unpaired) electrons. The molecular formula is C25H43FO. The lowest BCUT2D eigenvalue weighted by Crippen LogP contribution is -2.52. The molecule has 4 rings (SSSR count). The van der Waals surface area contributed by atoms with Gasteiger partial charge in [-0.2, -0.15) is 0 Å². The maximum atomic E-state index is 14.8. The third kappa shape index (κ3) is 4.12. The van der Waals surface area contributed by atoms with Crippen LogP contribution in [0.15, 0.2) is 0 Å². The van der Waals surface area contributed by atoms with Crippen molar-refractivity contribution in [1.29, 1.82) is 0 Å². The molecule has 1 nitrogen and oxygen atoms in total. The predicted octanol–water partition coefficient (Wildman–Crippen LogP) is 6.78. The van der Waals surface area contributed by atoms with Gasteiger partial charge in [0.2, 0.25) is 0 Å². The molecule has 0 aromatic carbocycles. The molecule has 4 fully saturated rings. The monoisotopic (exact) mass is 378 g/mol. The molecule has 7 unspecified atom stereocenters. The van der Waals surface area contributed by atoms with Crippen LogP contribution in [0.1, 0.15) is 97.8 Å². The van der Waals surface area contributed by atoms with E-state index in [2.05, 4.69) is 20.8 Å². The fourth-order valence-corrected chi connectivity index (χ4v) is 7.71. The van der Waals surface area contributed by atoms with Crippen LogP contribution in [0.25, 0.3) is 0 Å². The van der Waals surface area contributed by atoms with E-state index in [0.717, 1.165) is 67.6 Å². The van der Waals surface area contributed by atoms with Crippen LogP contribution in [0.3, 0.4) is 0 Å². The predicted molar refractivity (Wildman–Crippen MR) is 110 cm³/mol. The van der Waals surface area contributed by atoms with Crippen molar-refractivity contribution in [2.24, 2.45) is 46.8 Å². The summed E-state index contributed by atoms with van der Waals surface area (Å²) in [7, 11) is 0. The maximum absolute atomic E-state index is 14.8. The number of rotatable bonds is 6. The van der Waals surface area contributed by atoms with Crippen molar-refractivity contribution in [3.8, 4) is 0 Å². The largest absolute Gasteiger partial charge is 0.393 e. The first kappa shape index (κ1) is 20.2. The van der Waals surface area contributed by atoms with E-state index in [4.69, 9.17) is 0 Å². The first-order valence-electron chi connectivity index (χ1n) is 12.2. The third-order valence-corrected chi connectivity index (χ3v) is 9.73. The van der Waals surface area contributed by atoms with Gasteiger partial charge in [-0.25, -0.2) is 4.39 Å². The third-order valence-electron chi connectivity index (χ3n) is 9.73. The van der Waals surface area contributed by atoms with Crippen LogP contribution in [0.2, 0.25) is 0 Å². The Morgan fingerprint density at radius 1 is 1.07 bits per heavy atom. The van der Waals surface area contributed by atoms with E-state index in [0.29, 0.717) is 5.41 Å². The summed E-state index contributed by atoms with van der Waals surface area (Å²) in [4.78, 5) is 0. The molecule has 0 saturated heterocycles. The van der Waals surface area contributed by atoms with Gasteiger partial charge < -0.3 is 5.11 Å². The van der Waals surface area contributed by atoms with Gasteiger partial charge in [0.05, 0.1) is 6.10 Å². The van der Waals surface area contributed by atoms with Crippen molar-refractivity contribution in [3.05, 3.63) is 0 Å². The van der Waals surface area contributed by atoms with Crippen molar-refractivity contribution in [2.75, 3.05) is 0 Å². The molecule has 4 saturated carbocycles. The highest BCUT2D eigenvalue weighted by molar-refractivity contribution is 5.03. The fraction of sp³-hybridized carbons (Fsp3) is 1.00. The standard InChI is InChI=1S/C25H43FO/c1-16-4-10-23-22(8-7-19-15-20(27)12-13-25(19,23)3)21(16)9-11-24(26)17(2)14-18-5-6-18/h16-24,27H,4-15H2,1-3H3/t16?,17-,19?,20+,21?,22?,23?,24?,25?/m1/s1. The van der Waals surface area contributed by atoms with E-state index in [1.165, 1.54) is 44.9 Å². The quantitative estimate of drug-likeness (QED) is 0.540. The van der Waals surface area contributed by atoms with Crippen molar-refractivity contribution in [1.82, 2.24) is 0 Å². The van der Waals surface area contributed by atoms with Gasteiger partial charge in [0.15, 0.2) is 0 Å². The fourth-order valence-electron chi connectivity index (χ4n) is 7.71. The highest BCUT2D eigenvalue weighted by Gasteiger charge is 2.53. The molecule has 1 N–H and O–H groups in total. The van der Waals surface area contributed by atoms with Gasteiger partial charge in [0, 0.05) is 0 Å². The average Bonchev–Trinajstić information content (AvgIpc) is 3.45. The number of fused-ring (bicyclic) bond motifs is 3. The lowest BCUT2D eigenvalue weighted by atomic mass is 9.46. The van der Waals surface area contributed by atoms with E-state index in [9.17, 15) is 9.50 Å². The Kier molecular flexibility index (Phi) is 5.95. The topological polar surface area (TPSA) is 20.2 Å². The highest BCUT2D eigenvalue weighted by atomic mass is 19.1. The first-order valence-corrected chi connectivity index (χ1v) is 12.2. The molecule has 0 bridgehead atoms. The van der Waals surface area contributed by atoms with Crippen molar-refractivity contribution in [3.63, 3.8) is 0 Å². The Labute approximate surface area is 166 Å². The number of hydrogen-bond acceptors (Lipinski definition) is 1. The van der Waals surface area contributed by atoms with Crippen molar-refractivity contribution >= 4 is 0 Å². The molecule has 4 aliphatic carbocycles. The van der Waals surface area contributed by atoms with Gasteiger partial charge in [0.1, 0.15) is 6.17 Å². The van der Waals surface area contributed by atoms with Crippen molar-refractivity contribution < 1.29 is 9.50 Å². The summed E-state index contributed by atoms with van der Waals surface area (Å²) < 4.78 is 14.8. The van der Waals surface area contributed by atoms with Crippen LogP contribution in [-0.2, 0) is 0 Å². The van der Waals surface area contributed by atoms with Crippen LogP contribution in [0.5, 0.6) is 0 Å². The van der Waals surface area contributed by atoms with Gasteiger partial charge >= 0.3 is 0 Å². The Morgan fingerprint density at radius 2 is 1.85 bits per heavy atom. The SMILES string of the molecule is CC1CCC2C(CCC3C[C@@H](O)CCC32C)C1CCC(F)[C@H](C)CC1CC1. The Hall–Kier alpha value is -0.110. The summed E-state index contributed by atoms with van der Waals surface area (Å²) in [5.74, 6) is 4.98. The number of halogens is 1. The number of alkyl halides is 1. The zero-order valence-electron chi connectivity index (χ0n) is 18.0. The van der Waals surface area contributed by atoms with Gasteiger partial charge in [-0.05, 0) is 105 Å². The maximum Gasteiger partial charge on any atom is 0.103 e. The molecule has 4 aliphatic rings. The molecular weight excluding hydrogens is 335 g/mol. The van der Waals surface area contributed by atoms with E-state index < -0.39 is 6.17 Å². The number of aliphatic hydroxyl groups is 1. The zero-order valence-corrected chi connectivity index (χ0v) is 18.0. The second-order valence-corrected chi connectivity index (χ2v) is 11.4. The molecule has 156 valence electrons. The highest BCUT2D eigenvalue weighted by Crippen LogP contribution is 2.61. The second kappa shape index (κ2) is 7.96. The van der Waals surface area contributed by atoms with E-state index in [1.807, 2.05) is 0 Å². The molecule has 0 amide bonds. The van der Waals surface area contributed by atoms with E-state index in [1.54, 1.807) is 0 Å². The summed E-state index contributed by atoms with van der Waals surface area (Å²) >= 11 is 0. The van der Waals surface area contributed by atoms with Crippen LogP contribution >= 0.6 is 0 Å². The van der Waals surface area contributed by atoms with Gasteiger partial charge in [-0.15, -0.1) is 0 Å². The molecule has 27 heavy (non-hydrogen) atoms. The summed E-state index contributed by atoms with van der Waals surface area (Å²) in [6.07, 6.45) is 13.7. The Balaban J connectivity index is 1.39. The molecule has 0 heterocycles. The molecule has 0 aliphatic heterocycles. The molecule has 0 aromatic heterocycles. The Morgan fingerprint density at radius 3 is 2.59 bits per heavy atom.